The molecule has 324 valence electrons. The van der Waals surface area contributed by atoms with Gasteiger partial charge in [0.1, 0.15) is 30.2 Å². The first-order valence-electron chi connectivity index (χ1n) is 18.4. The van der Waals surface area contributed by atoms with Crippen molar-refractivity contribution in [3.05, 3.63) is 0 Å². The van der Waals surface area contributed by atoms with Crippen molar-refractivity contribution in [1.29, 1.82) is 0 Å². The highest BCUT2D eigenvalue weighted by molar-refractivity contribution is 5.96. The molecule has 0 radical (unpaired) electrons. The van der Waals surface area contributed by atoms with Crippen LogP contribution in [-0.2, 0) is 33.6 Å². The van der Waals surface area contributed by atoms with E-state index in [1.54, 1.807) is 0 Å². The normalized spacial score (nSPS) is 13.8. The first kappa shape index (κ1) is 51.0. The minimum Gasteiger partial charge on any atom is -0.481 e. The first-order chi connectivity index (χ1) is 26.8. The molecule has 0 aromatic carbocycles. The second-order valence-corrected chi connectivity index (χ2v) is 13.0. The lowest BCUT2D eigenvalue weighted by Crippen LogP contribution is -2.59. The number of amides is 5. The molecule has 0 aromatic heterocycles. The zero-order chi connectivity index (χ0) is 43.5. The van der Waals surface area contributed by atoms with Gasteiger partial charge in [0.15, 0.2) is 17.9 Å². The largest absolute Gasteiger partial charge is 0.481 e. The predicted molar refractivity (Wildman–Crippen MR) is 210 cm³/mol. The maximum atomic E-state index is 13.8. The summed E-state index contributed by atoms with van der Waals surface area (Å²) in [6.07, 6.45) is 0.875. The van der Waals surface area contributed by atoms with Crippen LogP contribution in [0.25, 0.3) is 0 Å². The van der Waals surface area contributed by atoms with E-state index in [2.05, 4.69) is 41.6 Å². The second kappa shape index (κ2) is 28.4. The molecule has 0 rings (SSSR count). The molecule has 0 aliphatic rings. The Bertz CT molecular complexity index is 1420. The number of carbonyl (C=O) groups excluding carboxylic acids is 5. The zero-order valence-electron chi connectivity index (χ0n) is 32.3. The van der Waals surface area contributed by atoms with Crippen LogP contribution in [-0.4, -0.2) is 132 Å². The average molecular weight is 815 g/mol. The van der Waals surface area contributed by atoms with E-state index >= 15 is 0 Å². The summed E-state index contributed by atoms with van der Waals surface area (Å²) < 4.78 is 0. The highest BCUT2D eigenvalue weighted by Crippen LogP contribution is 2.08. The zero-order valence-corrected chi connectivity index (χ0v) is 32.3. The molecule has 25 heteroatoms. The summed E-state index contributed by atoms with van der Waals surface area (Å²) in [4.78, 5) is 101. The second-order valence-electron chi connectivity index (χ2n) is 13.0. The van der Waals surface area contributed by atoms with Crippen LogP contribution in [0.3, 0.4) is 0 Å². The van der Waals surface area contributed by atoms with Crippen molar-refractivity contribution in [2.75, 3.05) is 26.2 Å². The number of guanidine groups is 3. The maximum absolute atomic E-state index is 13.8. The predicted octanol–water partition coefficient (Wildman–Crippen LogP) is -6.00. The average Bonchev–Trinajstić information content (AvgIpc) is 3.12. The summed E-state index contributed by atoms with van der Waals surface area (Å²) in [6.45, 7) is 1.86. The number of unbranched alkanes of at least 4 members (excludes halogenated alkanes) is 1. The summed E-state index contributed by atoms with van der Waals surface area (Å²) in [5.74, 6) is -7.14. The third-order valence-electron chi connectivity index (χ3n) is 8.05. The van der Waals surface area contributed by atoms with Crippen LogP contribution in [0.15, 0.2) is 15.0 Å². The monoisotopic (exact) mass is 814 g/mol. The molecule has 0 spiro atoms. The van der Waals surface area contributed by atoms with Crippen molar-refractivity contribution in [2.45, 2.75) is 114 Å². The minimum absolute atomic E-state index is 0.0205. The number of nitrogens with one attached hydrogen (secondary N) is 5. The minimum atomic E-state index is -1.33. The molecule has 0 saturated carbocycles. The Hall–Kier alpha value is -5.98. The number of carbonyl (C=O) groups is 7. The van der Waals surface area contributed by atoms with Gasteiger partial charge in [-0.3, -0.25) is 43.7 Å². The summed E-state index contributed by atoms with van der Waals surface area (Å²) in [7, 11) is 0. The van der Waals surface area contributed by atoms with Crippen molar-refractivity contribution in [1.82, 2.24) is 26.6 Å². The van der Waals surface area contributed by atoms with Crippen LogP contribution in [0.5, 0.6) is 0 Å². The molecule has 0 aliphatic carbocycles. The Morgan fingerprint density at radius 3 is 1.26 bits per heavy atom. The lowest BCUT2D eigenvalue weighted by atomic mass is 10.0. The van der Waals surface area contributed by atoms with Crippen molar-refractivity contribution in [3.63, 3.8) is 0 Å². The number of carboxylic acid groups (broad SMARTS) is 2. The highest BCUT2D eigenvalue weighted by Gasteiger charge is 2.32. The van der Waals surface area contributed by atoms with Crippen LogP contribution < -0.4 is 72.5 Å². The Labute approximate surface area is 330 Å². The van der Waals surface area contributed by atoms with Crippen molar-refractivity contribution < 1.29 is 43.8 Å². The Morgan fingerprint density at radius 1 is 0.509 bits per heavy atom. The maximum Gasteiger partial charge on any atom is 0.326 e. The topological polar surface area (TPSA) is 465 Å². The van der Waals surface area contributed by atoms with Crippen LogP contribution in [0.2, 0.25) is 0 Å². The van der Waals surface area contributed by atoms with Crippen LogP contribution in [0.1, 0.15) is 77.6 Å². The number of rotatable bonds is 30. The van der Waals surface area contributed by atoms with Crippen LogP contribution >= 0.6 is 0 Å². The fourth-order valence-electron chi connectivity index (χ4n) is 4.98. The summed E-state index contributed by atoms with van der Waals surface area (Å²) in [5, 5.41) is 31.1. The van der Waals surface area contributed by atoms with E-state index in [9.17, 15) is 38.7 Å². The Morgan fingerprint density at radius 2 is 0.877 bits per heavy atom. The van der Waals surface area contributed by atoms with Crippen molar-refractivity contribution in [2.24, 2.45) is 60.8 Å². The number of hydrogen-bond donors (Lipinski definition) is 15. The number of carboxylic acids is 2. The van der Waals surface area contributed by atoms with Gasteiger partial charge in [0, 0.05) is 26.1 Å². The number of aliphatic imine (C=N–C) groups is 3. The molecule has 23 N–H and O–H groups in total. The first-order valence-corrected chi connectivity index (χ1v) is 18.4. The van der Waals surface area contributed by atoms with Gasteiger partial charge in [-0.1, -0.05) is 0 Å². The smallest absolute Gasteiger partial charge is 0.326 e. The fraction of sp³-hybridized carbons (Fsp3) is 0.688. The number of hydrogen-bond acceptors (Lipinski definition) is 12. The quantitative estimate of drug-likeness (QED) is 0.0182. The molecule has 25 nitrogen and oxygen atoms in total. The van der Waals surface area contributed by atoms with E-state index in [4.69, 9.17) is 51.0 Å². The van der Waals surface area contributed by atoms with Gasteiger partial charge in [0.2, 0.25) is 29.5 Å². The van der Waals surface area contributed by atoms with E-state index in [1.807, 2.05) is 0 Å². The number of aliphatic carboxylic acids is 2. The number of nitrogens with zero attached hydrogens (tertiary/aromatic N) is 3. The Kier molecular flexibility index (Phi) is 25.4. The molecular weight excluding hydrogens is 752 g/mol. The van der Waals surface area contributed by atoms with Gasteiger partial charge < -0.3 is 82.7 Å². The van der Waals surface area contributed by atoms with Gasteiger partial charge in [0.05, 0.1) is 6.04 Å². The molecule has 6 unspecified atom stereocenters. The van der Waals surface area contributed by atoms with E-state index < -0.39 is 77.7 Å². The summed E-state index contributed by atoms with van der Waals surface area (Å²) in [6, 6.07) is -7.67. The fourth-order valence-corrected chi connectivity index (χ4v) is 4.98. The lowest BCUT2D eigenvalue weighted by Gasteiger charge is -2.26. The van der Waals surface area contributed by atoms with Gasteiger partial charge in [-0.2, -0.15) is 0 Å². The summed E-state index contributed by atoms with van der Waals surface area (Å²) >= 11 is 0. The molecule has 0 saturated heterocycles. The molecular formula is C32H62N16O9. The molecule has 0 bridgehead atoms. The van der Waals surface area contributed by atoms with Crippen molar-refractivity contribution >= 4 is 59.4 Å². The van der Waals surface area contributed by atoms with Gasteiger partial charge in [-0.05, 0) is 77.7 Å². The Balaban J connectivity index is 6.24. The van der Waals surface area contributed by atoms with Crippen molar-refractivity contribution in [3.8, 4) is 0 Å². The van der Waals surface area contributed by atoms with E-state index in [-0.39, 0.29) is 95.3 Å². The van der Waals surface area contributed by atoms with Crippen LogP contribution in [0, 0.1) is 0 Å². The number of nitrogens with two attached hydrogens (primary N) is 8. The molecule has 5 amide bonds. The highest BCUT2D eigenvalue weighted by atomic mass is 16.4. The molecule has 6 atom stereocenters. The van der Waals surface area contributed by atoms with Gasteiger partial charge >= 0.3 is 11.9 Å². The van der Waals surface area contributed by atoms with E-state index in [0.717, 1.165) is 0 Å². The van der Waals surface area contributed by atoms with E-state index in [1.165, 1.54) is 6.92 Å². The van der Waals surface area contributed by atoms with Gasteiger partial charge in [0.25, 0.3) is 0 Å². The lowest BCUT2D eigenvalue weighted by molar-refractivity contribution is -0.142. The third kappa shape index (κ3) is 24.2. The van der Waals surface area contributed by atoms with Crippen LogP contribution in [0.4, 0.5) is 0 Å². The SMILES string of the molecule is CC(NC(=O)C(CCCN=C(N)N)NC(=O)C(CCCN=C(N)N)NC(=O)C(CCCCN)NC(=O)C(N)CCC(=O)O)C(=O)NC(CCCN=C(N)N)C(=O)O. The summed E-state index contributed by atoms with van der Waals surface area (Å²) in [5.41, 5.74) is 43.7. The molecule has 0 aromatic rings. The van der Waals surface area contributed by atoms with Gasteiger partial charge in [-0.25, -0.2) is 4.79 Å². The van der Waals surface area contributed by atoms with Gasteiger partial charge in [-0.15, -0.1) is 0 Å². The molecule has 57 heavy (non-hydrogen) atoms. The standard InChI is InChI=1S/C32H62N16O9/c1-17(24(51)48-22(29(56)57)10-6-16-43-32(39)40)44-26(53)20(8-4-14-41-30(35)36)46-28(55)21(9-5-15-42-31(37)38)47-27(54)19(7-2-3-13-33)45-25(52)18(34)11-12-23(49)50/h17-22H,2-16,33-34H2,1H3,(H,44,53)(H,45,52)(H,46,55)(H,47,54)(H,48,51)(H,49,50)(H,56,57)(H4,35,36,41)(H4,37,38,42)(H4,39,40,43). The molecule has 0 heterocycles. The third-order valence-corrected chi connectivity index (χ3v) is 8.05. The molecule has 0 fully saturated rings. The molecule has 0 aliphatic heterocycles. The van der Waals surface area contributed by atoms with E-state index in [0.29, 0.717) is 19.4 Å².